The van der Waals surface area contributed by atoms with Crippen molar-refractivity contribution >= 4 is 34.9 Å². The van der Waals surface area contributed by atoms with Crippen LogP contribution in [0.2, 0.25) is 10.0 Å². The summed E-state index contributed by atoms with van der Waals surface area (Å²) in [7, 11) is 0. The van der Waals surface area contributed by atoms with Gasteiger partial charge in [-0.2, -0.15) is 0 Å². The molecule has 0 saturated carbocycles. The molecule has 2 heterocycles. The number of likely N-dealkylation sites (tertiary alicyclic amines) is 1. The summed E-state index contributed by atoms with van der Waals surface area (Å²) in [5, 5.41) is 0.852. The number of carbonyl (C=O) groups is 2. The van der Waals surface area contributed by atoms with Gasteiger partial charge in [0.25, 0.3) is 5.91 Å². The Labute approximate surface area is 166 Å². The fraction of sp³-hybridized carbons (Fsp3) is 0.300. The second kappa shape index (κ2) is 7.06. The van der Waals surface area contributed by atoms with Gasteiger partial charge in [-0.25, -0.2) is 0 Å². The quantitative estimate of drug-likeness (QED) is 0.773. The van der Waals surface area contributed by atoms with E-state index < -0.39 is 5.60 Å². The summed E-state index contributed by atoms with van der Waals surface area (Å²) in [6.07, 6.45) is 0.887. The normalized spacial score (nSPS) is 21.1. The third-order valence-corrected chi connectivity index (χ3v) is 5.44. The number of benzene rings is 2. The molecule has 27 heavy (non-hydrogen) atoms. The summed E-state index contributed by atoms with van der Waals surface area (Å²) in [6.45, 7) is 0.748. The van der Waals surface area contributed by atoms with Gasteiger partial charge in [-0.15, -0.1) is 0 Å². The number of rotatable bonds is 3. The van der Waals surface area contributed by atoms with Crippen LogP contribution in [0.25, 0.3) is 0 Å². The number of nitrogens with zero attached hydrogens (tertiary/aromatic N) is 1. The van der Waals surface area contributed by atoms with Crippen LogP contribution in [0.4, 0.5) is 0 Å². The first kappa shape index (κ1) is 18.1. The molecule has 0 bridgehead atoms. The van der Waals surface area contributed by atoms with Crippen LogP contribution >= 0.6 is 23.2 Å². The number of hydrogen-bond donors (Lipinski definition) is 0. The highest BCUT2D eigenvalue weighted by molar-refractivity contribution is 6.35. The van der Waals surface area contributed by atoms with Gasteiger partial charge in [0.15, 0.2) is 12.4 Å². The first-order chi connectivity index (χ1) is 13.0. The van der Waals surface area contributed by atoms with Crippen molar-refractivity contribution in [3.05, 3.63) is 58.1 Å². The maximum atomic E-state index is 12.5. The lowest BCUT2D eigenvalue weighted by molar-refractivity contribution is -0.133. The van der Waals surface area contributed by atoms with E-state index in [1.54, 1.807) is 35.2 Å². The van der Waals surface area contributed by atoms with Crippen LogP contribution in [-0.2, 0) is 4.79 Å². The Morgan fingerprint density at radius 2 is 2.04 bits per heavy atom. The average Bonchev–Trinajstić information content (AvgIpc) is 3.04. The van der Waals surface area contributed by atoms with Gasteiger partial charge in [0.2, 0.25) is 0 Å². The molecule has 0 aromatic heterocycles. The minimum Gasteiger partial charge on any atom is -0.484 e. The summed E-state index contributed by atoms with van der Waals surface area (Å²) in [4.78, 5) is 26.7. The largest absolute Gasteiger partial charge is 0.484 e. The molecule has 1 atom stereocenters. The molecule has 1 unspecified atom stereocenters. The van der Waals surface area contributed by atoms with Gasteiger partial charge in [-0.1, -0.05) is 35.3 Å². The number of amides is 1. The molecule has 1 saturated heterocycles. The number of fused-ring (bicyclic) bond motifs is 1. The predicted octanol–water partition coefficient (Wildman–Crippen LogP) is 4.01. The van der Waals surface area contributed by atoms with Crippen LogP contribution in [0, 0.1) is 0 Å². The molecule has 5 nitrogen and oxygen atoms in total. The molecule has 2 aliphatic rings. The lowest BCUT2D eigenvalue weighted by Crippen LogP contribution is -2.45. The topological polar surface area (TPSA) is 55.8 Å². The molecule has 140 valence electrons. The van der Waals surface area contributed by atoms with E-state index in [1.807, 2.05) is 12.1 Å². The Bertz CT molecular complexity index is 917. The zero-order valence-electron chi connectivity index (χ0n) is 14.4. The van der Waals surface area contributed by atoms with Crippen LogP contribution in [0.1, 0.15) is 23.2 Å². The lowest BCUT2D eigenvalue weighted by atomic mass is 9.89. The summed E-state index contributed by atoms with van der Waals surface area (Å²) >= 11 is 11.9. The fourth-order valence-electron chi connectivity index (χ4n) is 3.55. The molecule has 1 amide bonds. The second-order valence-electron chi connectivity index (χ2n) is 6.81. The number of ketones is 1. The SMILES string of the molecule is O=C1CC2(CCN(C(=O)COc3ccc(Cl)cc3Cl)C2)Oc2ccccc21. The van der Waals surface area contributed by atoms with Crippen LogP contribution < -0.4 is 9.47 Å². The highest BCUT2D eigenvalue weighted by Crippen LogP contribution is 2.38. The van der Waals surface area contributed by atoms with Crippen molar-refractivity contribution in [1.29, 1.82) is 0 Å². The molecule has 1 fully saturated rings. The second-order valence-corrected chi connectivity index (χ2v) is 7.65. The molecule has 1 spiro atoms. The standard InChI is InChI=1S/C20H17Cl2NO4/c21-13-5-6-18(15(22)9-13)26-11-19(25)23-8-7-20(12-23)10-16(24)14-3-1-2-4-17(14)27-20/h1-6,9H,7-8,10-12H2. The molecule has 2 aromatic rings. The monoisotopic (exact) mass is 405 g/mol. The average molecular weight is 406 g/mol. The minimum atomic E-state index is -0.654. The van der Waals surface area contributed by atoms with Gasteiger partial charge in [0.1, 0.15) is 17.1 Å². The van der Waals surface area contributed by atoms with Gasteiger partial charge in [-0.05, 0) is 30.3 Å². The van der Waals surface area contributed by atoms with Crippen LogP contribution in [-0.4, -0.2) is 41.9 Å². The summed E-state index contributed by atoms with van der Waals surface area (Å²) in [5.74, 6) is 0.872. The minimum absolute atomic E-state index is 0.0512. The number of para-hydroxylation sites is 1. The van der Waals surface area contributed by atoms with Crippen molar-refractivity contribution < 1.29 is 19.1 Å². The zero-order valence-corrected chi connectivity index (χ0v) is 15.9. The van der Waals surface area contributed by atoms with E-state index in [2.05, 4.69) is 0 Å². The van der Waals surface area contributed by atoms with E-state index in [0.29, 0.717) is 46.6 Å². The van der Waals surface area contributed by atoms with E-state index >= 15 is 0 Å². The Balaban J connectivity index is 1.41. The molecule has 7 heteroatoms. The van der Waals surface area contributed by atoms with Crippen molar-refractivity contribution in [3.63, 3.8) is 0 Å². The maximum absolute atomic E-state index is 12.5. The third-order valence-electron chi connectivity index (χ3n) is 4.91. The molecular formula is C20H17Cl2NO4. The Morgan fingerprint density at radius 1 is 1.22 bits per heavy atom. The van der Waals surface area contributed by atoms with Crippen LogP contribution in [0.15, 0.2) is 42.5 Å². The molecule has 4 rings (SSSR count). The fourth-order valence-corrected chi connectivity index (χ4v) is 4.01. The number of carbonyl (C=O) groups excluding carboxylic acids is 2. The van der Waals surface area contributed by atoms with Crippen LogP contribution in [0.5, 0.6) is 11.5 Å². The highest BCUT2D eigenvalue weighted by Gasteiger charge is 2.46. The molecular weight excluding hydrogens is 389 g/mol. The van der Waals surface area contributed by atoms with Crippen LogP contribution in [0.3, 0.4) is 0 Å². The van der Waals surface area contributed by atoms with Crippen molar-refractivity contribution in [1.82, 2.24) is 4.90 Å². The maximum Gasteiger partial charge on any atom is 0.260 e. The number of hydrogen-bond acceptors (Lipinski definition) is 4. The zero-order chi connectivity index (χ0) is 19.0. The third kappa shape index (κ3) is 3.62. The molecule has 0 aliphatic carbocycles. The van der Waals surface area contributed by atoms with Gasteiger partial charge < -0.3 is 14.4 Å². The van der Waals surface area contributed by atoms with Gasteiger partial charge in [-0.3, -0.25) is 9.59 Å². The summed E-state index contributed by atoms with van der Waals surface area (Å²) in [6, 6.07) is 12.1. The first-order valence-corrected chi connectivity index (χ1v) is 9.38. The van der Waals surface area contributed by atoms with Crippen molar-refractivity contribution in [2.24, 2.45) is 0 Å². The first-order valence-electron chi connectivity index (χ1n) is 8.63. The predicted molar refractivity (Wildman–Crippen MR) is 102 cm³/mol. The van der Waals surface area contributed by atoms with E-state index in [4.69, 9.17) is 32.7 Å². The molecule has 0 radical (unpaired) electrons. The van der Waals surface area contributed by atoms with Crippen molar-refractivity contribution in [2.75, 3.05) is 19.7 Å². The van der Waals surface area contributed by atoms with Gasteiger partial charge in [0.05, 0.1) is 23.6 Å². The van der Waals surface area contributed by atoms with E-state index in [0.717, 1.165) is 0 Å². The number of Topliss-reactive ketones (excluding diaryl/α,β-unsaturated/α-hetero) is 1. The van der Waals surface area contributed by atoms with Gasteiger partial charge >= 0.3 is 0 Å². The van der Waals surface area contributed by atoms with Crippen molar-refractivity contribution in [3.8, 4) is 11.5 Å². The van der Waals surface area contributed by atoms with E-state index in [1.165, 1.54) is 0 Å². The molecule has 2 aliphatic heterocycles. The lowest BCUT2D eigenvalue weighted by Gasteiger charge is -2.34. The Kier molecular flexibility index (Phi) is 4.74. The molecule has 0 N–H and O–H groups in total. The van der Waals surface area contributed by atoms with E-state index in [-0.39, 0.29) is 24.7 Å². The highest BCUT2D eigenvalue weighted by atomic mass is 35.5. The Morgan fingerprint density at radius 3 is 2.85 bits per heavy atom. The summed E-state index contributed by atoms with van der Waals surface area (Å²) in [5.41, 5.74) is -0.0486. The molecule has 2 aromatic carbocycles. The van der Waals surface area contributed by atoms with Crippen molar-refractivity contribution in [2.45, 2.75) is 18.4 Å². The smallest absolute Gasteiger partial charge is 0.260 e. The number of ether oxygens (including phenoxy) is 2. The Hall–Kier alpha value is -2.24. The van der Waals surface area contributed by atoms with Gasteiger partial charge in [0, 0.05) is 18.0 Å². The van der Waals surface area contributed by atoms with E-state index in [9.17, 15) is 9.59 Å². The number of halogens is 2. The summed E-state index contributed by atoms with van der Waals surface area (Å²) < 4.78 is 11.7.